The third-order valence-corrected chi connectivity index (χ3v) is 5.67. The smallest absolute Gasteiger partial charge is 0.416 e. The van der Waals surface area contributed by atoms with Gasteiger partial charge in [-0.3, -0.25) is 4.90 Å². The van der Waals surface area contributed by atoms with Crippen molar-refractivity contribution in [1.82, 2.24) is 14.9 Å². The van der Waals surface area contributed by atoms with Gasteiger partial charge in [0.1, 0.15) is 18.2 Å². The van der Waals surface area contributed by atoms with Crippen molar-refractivity contribution in [2.45, 2.75) is 51.0 Å². The molecule has 0 radical (unpaired) electrons. The number of piperidine rings is 1. The molecular weight excluding hydrogens is 355 g/mol. The van der Waals surface area contributed by atoms with Crippen molar-refractivity contribution in [3.05, 3.63) is 53.6 Å². The van der Waals surface area contributed by atoms with Crippen molar-refractivity contribution in [1.29, 1.82) is 0 Å². The van der Waals surface area contributed by atoms with Gasteiger partial charge in [0.15, 0.2) is 0 Å². The van der Waals surface area contributed by atoms with Crippen LogP contribution in [0.2, 0.25) is 0 Å². The van der Waals surface area contributed by atoms with Crippen LogP contribution in [0, 0.1) is 12.8 Å². The van der Waals surface area contributed by atoms with E-state index in [1.165, 1.54) is 6.07 Å². The van der Waals surface area contributed by atoms with Gasteiger partial charge in [-0.2, -0.15) is 13.2 Å². The summed E-state index contributed by atoms with van der Waals surface area (Å²) in [6, 6.07) is 5.83. The molecular formula is C20H22F3N3O. The standard InChI is InChI=1S/C20H22F3N3O/c1-13-24-9-14(10-25-13)11-26-17-6-5-15(7-17)19(26)12-27-18-4-2-3-16(8-18)20(21,22)23/h2-4,8-10,15,17,19H,5-7,11-12H2,1H3/t15?,17?,19-/m1/s1. The van der Waals surface area contributed by atoms with E-state index in [-0.39, 0.29) is 11.8 Å². The number of fused-ring (bicyclic) bond motifs is 2. The van der Waals surface area contributed by atoms with Crippen LogP contribution in [0.4, 0.5) is 13.2 Å². The van der Waals surface area contributed by atoms with Crippen LogP contribution in [0.5, 0.6) is 5.75 Å². The lowest BCUT2D eigenvalue weighted by molar-refractivity contribution is -0.137. The Morgan fingerprint density at radius 3 is 2.70 bits per heavy atom. The molecule has 2 heterocycles. The number of rotatable bonds is 5. The van der Waals surface area contributed by atoms with Gasteiger partial charge in [0.25, 0.3) is 0 Å². The monoisotopic (exact) mass is 377 g/mol. The summed E-state index contributed by atoms with van der Waals surface area (Å²) < 4.78 is 44.5. The number of aromatic nitrogens is 2. The average molecular weight is 377 g/mol. The van der Waals surface area contributed by atoms with Crippen LogP contribution in [0.3, 0.4) is 0 Å². The number of ether oxygens (including phenoxy) is 1. The van der Waals surface area contributed by atoms with Gasteiger partial charge >= 0.3 is 6.18 Å². The largest absolute Gasteiger partial charge is 0.492 e. The molecule has 7 heteroatoms. The lowest BCUT2D eigenvalue weighted by Crippen LogP contribution is -2.43. The summed E-state index contributed by atoms with van der Waals surface area (Å²) in [7, 11) is 0. The van der Waals surface area contributed by atoms with E-state index in [0.29, 0.717) is 18.6 Å². The summed E-state index contributed by atoms with van der Waals surface area (Å²) in [5, 5.41) is 0. The minimum absolute atomic E-state index is 0.208. The van der Waals surface area contributed by atoms with Gasteiger partial charge in [-0.05, 0) is 50.3 Å². The molecule has 1 aromatic carbocycles. The van der Waals surface area contributed by atoms with Gasteiger partial charge < -0.3 is 4.74 Å². The van der Waals surface area contributed by atoms with Gasteiger partial charge in [0.2, 0.25) is 0 Å². The Bertz CT molecular complexity index is 794. The summed E-state index contributed by atoms with van der Waals surface area (Å²) in [5.74, 6) is 1.55. The molecule has 1 aliphatic heterocycles. The van der Waals surface area contributed by atoms with Crippen molar-refractivity contribution in [3.63, 3.8) is 0 Å². The molecule has 144 valence electrons. The highest BCUT2D eigenvalue weighted by Gasteiger charge is 2.46. The van der Waals surface area contributed by atoms with Gasteiger partial charge in [-0.25, -0.2) is 9.97 Å². The number of halogens is 3. The minimum Gasteiger partial charge on any atom is -0.492 e. The quantitative estimate of drug-likeness (QED) is 0.781. The first-order valence-corrected chi connectivity index (χ1v) is 9.23. The van der Waals surface area contributed by atoms with Crippen LogP contribution in [-0.2, 0) is 12.7 Å². The Hall–Kier alpha value is -2.15. The second-order valence-corrected chi connectivity index (χ2v) is 7.44. The highest BCUT2D eigenvalue weighted by atomic mass is 19.4. The minimum atomic E-state index is -4.36. The van der Waals surface area contributed by atoms with E-state index >= 15 is 0 Å². The Kier molecular flexibility index (Phi) is 4.80. The second-order valence-electron chi connectivity index (χ2n) is 7.44. The van der Waals surface area contributed by atoms with E-state index in [4.69, 9.17) is 4.74 Å². The van der Waals surface area contributed by atoms with Crippen molar-refractivity contribution in [2.75, 3.05) is 6.61 Å². The van der Waals surface area contributed by atoms with Crippen LogP contribution in [0.1, 0.15) is 36.2 Å². The number of alkyl halides is 3. The van der Waals surface area contributed by atoms with E-state index < -0.39 is 11.7 Å². The van der Waals surface area contributed by atoms with Gasteiger partial charge in [-0.1, -0.05) is 6.07 Å². The number of aryl methyl sites for hydroxylation is 1. The lowest BCUT2D eigenvalue weighted by atomic mass is 9.99. The summed E-state index contributed by atoms with van der Waals surface area (Å²) >= 11 is 0. The molecule has 1 aliphatic carbocycles. The van der Waals surface area contributed by atoms with Crippen LogP contribution in [0.15, 0.2) is 36.7 Å². The SMILES string of the molecule is Cc1ncc(CN2C3CCC(C3)[C@H]2COc2cccc(C(F)(F)F)c2)cn1. The van der Waals surface area contributed by atoms with Crippen LogP contribution in [0.25, 0.3) is 0 Å². The zero-order chi connectivity index (χ0) is 19.0. The summed E-state index contributed by atoms with van der Waals surface area (Å²) in [6.07, 6.45) is 2.78. The second kappa shape index (κ2) is 7.11. The Balaban J connectivity index is 1.45. The maximum absolute atomic E-state index is 12.9. The van der Waals surface area contributed by atoms with E-state index in [2.05, 4.69) is 14.9 Å². The van der Waals surface area contributed by atoms with Crippen molar-refractivity contribution in [3.8, 4) is 5.75 Å². The first-order valence-electron chi connectivity index (χ1n) is 9.23. The van der Waals surface area contributed by atoms with E-state index in [1.54, 1.807) is 6.07 Å². The molecule has 1 aromatic heterocycles. The average Bonchev–Trinajstić information content (AvgIpc) is 3.23. The molecule has 4 nitrogen and oxygen atoms in total. The van der Waals surface area contributed by atoms with E-state index in [9.17, 15) is 13.2 Å². The fourth-order valence-corrected chi connectivity index (χ4v) is 4.32. The van der Waals surface area contributed by atoms with E-state index in [0.717, 1.165) is 49.3 Å². The molecule has 0 N–H and O–H groups in total. The van der Waals surface area contributed by atoms with Gasteiger partial charge in [0, 0.05) is 36.6 Å². The molecule has 2 bridgehead atoms. The van der Waals surface area contributed by atoms with Crippen molar-refractivity contribution in [2.24, 2.45) is 5.92 Å². The summed E-state index contributed by atoms with van der Waals surface area (Å²) in [5.41, 5.74) is 0.374. The zero-order valence-corrected chi connectivity index (χ0v) is 15.1. The molecule has 3 atom stereocenters. The Morgan fingerprint density at radius 1 is 1.19 bits per heavy atom. The maximum atomic E-state index is 12.9. The molecule has 1 saturated carbocycles. The first-order chi connectivity index (χ1) is 12.9. The molecule has 27 heavy (non-hydrogen) atoms. The Morgan fingerprint density at radius 2 is 1.96 bits per heavy atom. The first kappa shape index (κ1) is 18.2. The third-order valence-electron chi connectivity index (χ3n) is 5.67. The Labute approximate surface area is 156 Å². The molecule has 1 saturated heterocycles. The molecule has 2 fully saturated rings. The van der Waals surface area contributed by atoms with Crippen LogP contribution in [-0.4, -0.2) is 33.6 Å². The molecule has 2 unspecified atom stereocenters. The summed E-state index contributed by atoms with van der Waals surface area (Å²) in [6.45, 7) is 3.00. The maximum Gasteiger partial charge on any atom is 0.416 e. The molecule has 2 aliphatic rings. The van der Waals surface area contributed by atoms with E-state index in [1.807, 2.05) is 19.3 Å². The highest BCUT2D eigenvalue weighted by Crippen LogP contribution is 2.43. The number of hydrogen-bond acceptors (Lipinski definition) is 4. The molecule has 4 rings (SSSR count). The lowest BCUT2D eigenvalue weighted by Gasteiger charge is -2.35. The predicted molar refractivity (Wildman–Crippen MR) is 94.2 cm³/mol. The summed E-state index contributed by atoms with van der Waals surface area (Å²) in [4.78, 5) is 10.9. The number of nitrogens with zero attached hydrogens (tertiary/aromatic N) is 3. The normalized spacial score (nSPS) is 25.1. The van der Waals surface area contributed by atoms with Crippen LogP contribution < -0.4 is 4.74 Å². The third kappa shape index (κ3) is 3.93. The number of hydrogen-bond donors (Lipinski definition) is 0. The fraction of sp³-hybridized carbons (Fsp3) is 0.500. The highest BCUT2D eigenvalue weighted by molar-refractivity contribution is 5.30. The van der Waals surface area contributed by atoms with Gasteiger partial charge in [-0.15, -0.1) is 0 Å². The van der Waals surface area contributed by atoms with Crippen molar-refractivity contribution >= 4 is 0 Å². The molecule has 0 spiro atoms. The van der Waals surface area contributed by atoms with Crippen LogP contribution >= 0.6 is 0 Å². The fourth-order valence-electron chi connectivity index (χ4n) is 4.32. The number of benzene rings is 1. The topological polar surface area (TPSA) is 38.2 Å². The number of likely N-dealkylation sites (tertiary alicyclic amines) is 1. The molecule has 0 amide bonds. The predicted octanol–water partition coefficient (Wildman–Crippen LogP) is 4.24. The zero-order valence-electron chi connectivity index (χ0n) is 15.1. The van der Waals surface area contributed by atoms with Gasteiger partial charge in [0.05, 0.1) is 5.56 Å². The molecule has 2 aromatic rings. The van der Waals surface area contributed by atoms with Crippen molar-refractivity contribution < 1.29 is 17.9 Å².